The molecule has 3 nitrogen and oxygen atoms in total. The van der Waals surface area contributed by atoms with Crippen molar-refractivity contribution in [1.82, 2.24) is 0 Å². The van der Waals surface area contributed by atoms with Crippen LogP contribution in [0.1, 0.15) is 33.1 Å². The number of hydrogen-bond donors (Lipinski definition) is 1. The van der Waals surface area contributed by atoms with Crippen molar-refractivity contribution in [1.29, 1.82) is 0 Å². The number of aliphatic hydroxyl groups is 1. The van der Waals surface area contributed by atoms with Crippen LogP contribution in [0.3, 0.4) is 0 Å². The van der Waals surface area contributed by atoms with Crippen LogP contribution in [0, 0.1) is 0 Å². The second-order valence-corrected chi connectivity index (χ2v) is 3.07. The van der Waals surface area contributed by atoms with E-state index in [0.717, 1.165) is 0 Å². The fourth-order valence-corrected chi connectivity index (χ4v) is 1.48. The SMILES string of the molecule is CC[C@@]1([C@@H](C)O)CCC(=O)O1. The lowest BCUT2D eigenvalue weighted by atomic mass is 9.91. The van der Waals surface area contributed by atoms with E-state index in [2.05, 4.69) is 0 Å². The molecule has 2 atom stereocenters. The van der Waals surface area contributed by atoms with E-state index in [1.807, 2.05) is 6.92 Å². The fraction of sp³-hybridized carbons (Fsp3) is 0.875. The summed E-state index contributed by atoms with van der Waals surface area (Å²) in [6.45, 7) is 3.59. The molecule has 1 heterocycles. The van der Waals surface area contributed by atoms with E-state index >= 15 is 0 Å². The summed E-state index contributed by atoms with van der Waals surface area (Å²) in [5.41, 5.74) is -0.586. The predicted molar refractivity (Wildman–Crippen MR) is 40.0 cm³/mol. The number of hydrogen-bond acceptors (Lipinski definition) is 3. The molecule has 0 aromatic rings. The fourth-order valence-electron chi connectivity index (χ4n) is 1.48. The van der Waals surface area contributed by atoms with Gasteiger partial charge in [0.15, 0.2) is 0 Å². The standard InChI is InChI=1S/C8H14O3/c1-3-8(6(2)9)5-4-7(10)11-8/h6,9H,3-5H2,1-2H3/t6-,8+/m1/s1. The second kappa shape index (κ2) is 2.81. The van der Waals surface area contributed by atoms with Gasteiger partial charge in [-0.05, 0) is 13.3 Å². The number of cyclic esters (lactones) is 1. The Bertz CT molecular complexity index is 165. The van der Waals surface area contributed by atoms with Crippen molar-refractivity contribution in [2.24, 2.45) is 0 Å². The third kappa shape index (κ3) is 1.38. The molecule has 1 N–H and O–H groups in total. The Morgan fingerprint density at radius 3 is 2.64 bits per heavy atom. The number of esters is 1. The van der Waals surface area contributed by atoms with E-state index in [9.17, 15) is 9.90 Å². The topological polar surface area (TPSA) is 46.5 Å². The Labute approximate surface area is 66.4 Å². The van der Waals surface area contributed by atoms with Gasteiger partial charge in [-0.1, -0.05) is 6.92 Å². The number of ether oxygens (including phenoxy) is 1. The van der Waals surface area contributed by atoms with E-state index in [1.165, 1.54) is 0 Å². The van der Waals surface area contributed by atoms with Gasteiger partial charge in [0.1, 0.15) is 5.60 Å². The largest absolute Gasteiger partial charge is 0.456 e. The summed E-state index contributed by atoms with van der Waals surface area (Å²) in [7, 11) is 0. The minimum Gasteiger partial charge on any atom is -0.456 e. The minimum absolute atomic E-state index is 0.187. The second-order valence-electron chi connectivity index (χ2n) is 3.07. The number of carbonyl (C=O) groups is 1. The maximum Gasteiger partial charge on any atom is 0.306 e. The molecule has 0 aromatic carbocycles. The van der Waals surface area contributed by atoms with Gasteiger partial charge < -0.3 is 9.84 Å². The van der Waals surface area contributed by atoms with Crippen LogP contribution in [0.4, 0.5) is 0 Å². The average molecular weight is 158 g/mol. The van der Waals surface area contributed by atoms with E-state index < -0.39 is 11.7 Å². The van der Waals surface area contributed by atoms with Crippen molar-refractivity contribution in [3.63, 3.8) is 0 Å². The Hall–Kier alpha value is -0.570. The predicted octanol–water partition coefficient (Wildman–Crippen LogP) is 0.853. The highest BCUT2D eigenvalue weighted by Crippen LogP contribution is 2.32. The Morgan fingerprint density at radius 1 is 1.82 bits per heavy atom. The molecule has 0 bridgehead atoms. The normalized spacial score (nSPS) is 33.5. The van der Waals surface area contributed by atoms with E-state index in [4.69, 9.17) is 4.74 Å². The van der Waals surface area contributed by atoms with E-state index in [-0.39, 0.29) is 5.97 Å². The van der Waals surface area contributed by atoms with Crippen LogP contribution in [0.25, 0.3) is 0 Å². The number of carbonyl (C=O) groups excluding carboxylic acids is 1. The highest BCUT2D eigenvalue weighted by atomic mass is 16.6. The van der Waals surface area contributed by atoms with Gasteiger partial charge in [-0.15, -0.1) is 0 Å². The Kier molecular flexibility index (Phi) is 2.18. The summed E-state index contributed by atoms with van der Waals surface area (Å²) < 4.78 is 5.07. The van der Waals surface area contributed by atoms with Crippen LogP contribution in [0.5, 0.6) is 0 Å². The molecule has 1 saturated heterocycles. The maximum atomic E-state index is 10.8. The highest BCUT2D eigenvalue weighted by molar-refractivity contribution is 5.72. The first-order valence-electron chi connectivity index (χ1n) is 4.00. The van der Waals surface area contributed by atoms with Crippen molar-refractivity contribution >= 4 is 5.97 Å². The van der Waals surface area contributed by atoms with Gasteiger partial charge in [0, 0.05) is 12.8 Å². The molecule has 3 heteroatoms. The summed E-state index contributed by atoms with van der Waals surface area (Å²) in [6, 6.07) is 0. The van der Waals surface area contributed by atoms with Crippen LogP contribution in [-0.2, 0) is 9.53 Å². The van der Waals surface area contributed by atoms with Gasteiger partial charge in [-0.3, -0.25) is 4.79 Å². The third-order valence-electron chi connectivity index (χ3n) is 2.43. The number of aliphatic hydroxyl groups excluding tert-OH is 1. The first-order valence-corrected chi connectivity index (χ1v) is 4.00. The smallest absolute Gasteiger partial charge is 0.306 e. The lowest BCUT2D eigenvalue weighted by molar-refractivity contribution is -0.157. The molecule has 11 heavy (non-hydrogen) atoms. The third-order valence-corrected chi connectivity index (χ3v) is 2.43. The van der Waals surface area contributed by atoms with E-state index in [0.29, 0.717) is 19.3 Å². The summed E-state index contributed by atoms with van der Waals surface area (Å²) >= 11 is 0. The number of rotatable bonds is 2. The van der Waals surface area contributed by atoms with Crippen LogP contribution < -0.4 is 0 Å². The molecule has 0 aliphatic carbocycles. The summed E-state index contributed by atoms with van der Waals surface area (Å²) in [6.07, 6.45) is 1.23. The van der Waals surface area contributed by atoms with Gasteiger partial charge in [0.25, 0.3) is 0 Å². The van der Waals surface area contributed by atoms with Crippen LogP contribution in [-0.4, -0.2) is 22.8 Å². The monoisotopic (exact) mass is 158 g/mol. The maximum absolute atomic E-state index is 10.8. The lowest BCUT2D eigenvalue weighted by Crippen LogP contribution is -2.39. The van der Waals surface area contributed by atoms with Gasteiger partial charge in [-0.2, -0.15) is 0 Å². The molecule has 1 rings (SSSR count). The van der Waals surface area contributed by atoms with Crippen molar-refractivity contribution in [3.8, 4) is 0 Å². The molecule has 0 spiro atoms. The summed E-state index contributed by atoms with van der Waals surface area (Å²) in [5, 5.41) is 9.34. The van der Waals surface area contributed by atoms with Crippen LogP contribution in [0.2, 0.25) is 0 Å². The first kappa shape index (κ1) is 8.53. The van der Waals surface area contributed by atoms with Crippen LogP contribution in [0.15, 0.2) is 0 Å². The molecular weight excluding hydrogens is 144 g/mol. The highest BCUT2D eigenvalue weighted by Gasteiger charge is 2.42. The molecule has 1 fully saturated rings. The quantitative estimate of drug-likeness (QED) is 0.606. The van der Waals surface area contributed by atoms with Gasteiger partial charge in [0.05, 0.1) is 6.10 Å². The molecule has 0 unspecified atom stereocenters. The Balaban J connectivity index is 2.70. The molecule has 0 radical (unpaired) electrons. The molecule has 1 aliphatic heterocycles. The van der Waals surface area contributed by atoms with Crippen molar-refractivity contribution in [2.75, 3.05) is 0 Å². The molecule has 0 amide bonds. The zero-order valence-corrected chi connectivity index (χ0v) is 6.96. The molecule has 64 valence electrons. The molecular formula is C8H14O3. The van der Waals surface area contributed by atoms with Gasteiger partial charge in [-0.25, -0.2) is 0 Å². The van der Waals surface area contributed by atoms with Gasteiger partial charge >= 0.3 is 5.97 Å². The first-order chi connectivity index (χ1) is 5.10. The van der Waals surface area contributed by atoms with Gasteiger partial charge in [0.2, 0.25) is 0 Å². The lowest BCUT2D eigenvalue weighted by Gasteiger charge is -2.28. The zero-order chi connectivity index (χ0) is 8.48. The van der Waals surface area contributed by atoms with Crippen molar-refractivity contribution in [3.05, 3.63) is 0 Å². The van der Waals surface area contributed by atoms with Crippen molar-refractivity contribution in [2.45, 2.75) is 44.8 Å². The molecule has 1 aliphatic rings. The molecule has 0 aromatic heterocycles. The van der Waals surface area contributed by atoms with Crippen molar-refractivity contribution < 1.29 is 14.6 Å². The van der Waals surface area contributed by atoms with E-state index in [1.54, 1.807) is 6.92 Å². The molecule has 0 saturated carbocycles. The van der Waals surface area contributed by atoms with Crippen LogP contribution >= 0.6 is 0 Å². The average Bonchev–Trinajstić information content (AvgIpc) is 2.33. The summed E-state index contributed by atoms with van der Waals surface area (Å²) in [5.74, 6) is -0.187. The zero-order valence-electron chi connectivity index (χ0n) is 6.96. The minimum atomic E-state index is -0.586. The Morgan fingerprint density at radius 2 is 2.45 bits per heavy atom. The summed E-state index contributed by atoms with van der Waals surface area (Å²) in [4.78, 5) is 10.8.